The van der Waals surface area contributed by atoms with Gasteiger partial charge < -0.3 is 14.0 Å². The molecule has 22 heavy (non-hydrogen) atoms. The summed E-state index contributed by atoms with van der Waals surface area (Å²) in [6.45, 7) is 9.53. The van der Waals surface area contributed by atoms with E-state index in [1.54, 1.807) is 20.8 Å². The van der Waals surface area contributed by atoms with Gasteiger partial charge in [-0.2, -0.15) is 0 Å². The van der Waals surface area contributed by atoms with Crippen LogP contribution in [0.3, 0.4) is 0 Å². The van der Waals surface area contributed by atoms with Crippen LogP contribution < -0.4 is 5.59 Å². The first-order valence-corrected chi connectivity index (χ1v) is 7.15. The lowest BCUT2D eigenvalue weighted by Crippen LogP contribution is -2.41. The fourth-order valence-corrected chi connectivity index (χ4v) is 1.86. The lowest BCUT2D eigenvalue weighted by Gasteiger charge is -2.32. The monoisotopic (exact) mass is 312 g/mol. The van der Waals surface area contributed by atoms with Crippen molar-refractivity contribution in [1.29, 1.82) is 0 Å². The number of aromatic nitrogens is 2. The molecule has 0 radical (unpaired) electrons. The topological polar surface area (TPSA) is 62.6 Å². The Balaban J connectivity index is 2.53. The number of imidazole rings is 1. The number of hydrogen-bond donors (Lipinski definition) is 0. The lowest BCUT2D eigenvalue weighted by molar-refractivity contribution is 0.00578. The molecule has 1 aromatic rings. The van der Waals surface area contributed by atoms with Gasteiger partial charge in [-0.05, 0) is 55.3 Å². The van der Waals surface area contributed by atoms with Crippen LogP contribution in [0, 0.1) is 6.85 Å². The predicted molar refractivity (Wildman–Crippen MR) is 84.3 cm³/mol. The Labute approximate surface area is 137 Å². The molecule has 0 saturated carbocycles. The van der Waals surface area contributed by atoms with E-state index in [0.29, 0.717) is 4.57 Å². The number of carbonyl (C=O) groups excluding carboxylic acids is 1. The van der Waals surface area contributed by atoms with E-state index < -0.39 is 48.9 Å². The van der Waals surface area contributed by atoms with Crippen molar-refractivity contribution in [3.05, 3.63) is 12.0 Å². The van der Waals surface area contributed by atoms with Gasteiger partial charge in [0.05, 0.1) is 18.2 Å². The number of aryl methyl sites for hydroxylation is 1. The first-order chi connectivity index (χ1) is 11.5. The largest absolute Gasteiger partial charge is 0.516 e. The molecule has 0 spiro atoms. The van der Waals surface area contributed by atoms with Gasteiger partial charge in [-0.3, -0.25) is 0 Å². The highest BCUT2D eigenvalue weighted by molar-refractivity contribution is 6.61. The second-order valence-electron chi connectivity index (χ2n) is 7.34. The second-order valence-corrected chi connectivity index (χ2v) is 7.34. The molecule has 0 aliphatic carbocycles. The molecule has 1 aliphatic heterocycles. The Morgan fingerprint density at radius 1 is 1.36 bits per heavy atom. The molecule has 1 saturated heterocycles. The second kappa shape index (κ2) is 5.10. The molecular weight excluding hydrogens is 283 g/mol. The number of ether oxygens (including phenoxy) is 1. The molecule has 6 nitrogen and oxygen atoms in total. The molecule has 0 N–H and O–H groups in total. The van der Waals surface area contributed by atoms with Crippen molar-refractivity contribution < 1.29 is 24.3 Å². The van der Waals surface area contributed by atoms with E-state index in [1.165, 1.54) is 0 Å². The molecule has 0 unspecified atom stereocenters. The Kier molecular flexibility index (Phi) is 2.81. The Morgan fingerprint density at radius 2 is 1.91 bits per heavy atom. The van der Waals surface area contributed by atoms with Crippen molar-refractivity contribution in [2.45, 2.75) is 72.1 Å². The van der Waals surface area contributed by atoms with Gasteiger partial charge in [-0.25, -0.2) is 14.3 Å². The third-order valence-electron chi connectivity index (χ3n) is 3.72. The number of carbonyl (C=O) groups is 1. The van der Waals surface area contributed by atoms with Crippen molar-refractivity contribution in [1.82, 2.24) is 9.55 Å². The minimum Gasteiger partial charge on any atom is -0.443 e. The van der Waals surface area contributed by atoms with Crippen LogP contribution in [-0.2, 0) is 14.0 Å². The first kappa shape index (κ1) is 12.1. The zero-order valence-corrected chi connectivity index (χ0v) is 14.1. The lowest BCUT2D eigenvalue weighted by atomic mass is 9.86. The summed E-state index contributed by atoms with van der Waals surface area (Å²) < 4.78 is 48.8. The van der Waals surface area contributed by atoms with Crippen molar-refractivity contribution in [2.75, 3.05) is 0 Å². The molecule has 0 amide bonds. The number of hydrogen-bond acceptors (Lipinski definition) is 5. The normalized spacial score (nSPS) is 23.5. The molecule has 1 aromatic heterocycles. The highest BCUT2D eigenvalue weighted by atomic mass is 16.7. The molecule has 0 aromatic carbocycles. The van der Waals surface area contributed by atoms with Crippen molar-refractivity contribution in [3.63, 3.8) is 0 Å². The summed E-state index contributed by atoms with van der Waals surface area (Å²) in [5, 5.41) is 0. The Bertz CT molecular complexity index is 706. The Morgan fingerprint density at radius 3 is 2.36 bits per heavy atom. The summed E-state index contributed by atoms with van der Waals surface area (Å²) in [7, 11) is -1.06. The van der Waals surface area contributed by atoms with Gasteiger partial charge in [0.25, 0.3) is 0 Å². The van der Waals surface area contributed by atoms with Gasteiger partial charge in [0.2, 0.25) is 0 Å². The van der Waals surface area contributed by atoms with E-state index >= 15 is 0 Å². The molecule has 2 rings (SSSR count). The summed E-state index contributed by atoms with van der Waals surface area (Å²) >= 11 is 0. The fraction of sp³-hybridized carbons (Fsp3) is 0.733. The molecule has 122 valence electrons. The van der Waals surface area contributed by atoms with Gasteiger partial charge in [-0.1, -0.05) is 0 Å². The van der Waals surface area contributed by atoms with E-state index in [0.717, 1.165) is 0 Å². The summed E-state index contributed by atoms with van der Waals surface area (Å²) in [4.78, 5) is 16.5. The quantitative estimate of drug-likeness (QED) is 0.744. The van der Waals surface area contributed by atoms with Crippen LogP contribution in [0.5, 0.6) is 0 Å². The zero-order valence-electron chi connectivity index (χ0n) is 18.1. The smallest absolute Gasteiger partial charge is 0.443 e. The van der Waals surface area contributed by atoms with Crippen LogP contribution in [0.15, 0.2) is 6.17 Å². The maximum atomic E-state index is 12.5. The summed E-state index contributed by atoms with van der Waals surface area (Å²) in [6, 6.07) is 0. The molecule has 2 heterocycles. The maximum Gasteiger partial charge on any atom is 0.516 e. The van der Waals surface area contributed by atoms with Gasteiger partial charge >= 0.3 is 13.2 Å². The minimum absolute atomic E-state index is 0.0689. The van der Waals surface area contributed by atoms with E-state index in [-0.39, 0.29) is 5.59 Å². The summed E-state index contributed by atoms with van der Waals surface area (Å²) in [5.41, 5.74) is -2.31. The minimum atomic E-state index is -2.71. The van der Waals surface area contributed by atoms with Crippen molar-refractivity contribution in [2.24, 2.45) is 0 Å². The van der Waals surface area contributed by atoms with Crippen molar-refractivity contribution in [3.8, 4) is 0 Å². The Hall–Kier alpha value is -1.34. The van der Waals surface area contributed by atoms with E-state index in [2.05, 4.69) is 4.98 Å². The molecule has 1 fully saturated rings. The number of rotatable bonds is 1. The van der Waals surface area contributed by atoms with Crippen LogP contribution >= 0.6 is 0 Å². The third kappa shape index (κ3) is 3.20. The van der Waals surface area contributed by atoms with E-state index in [1.807, 2.05) is 27.7 Å². The highest BCUT2D eigenvalue weighted by Gasteiger charge is 2.52. The molecular formula is C15H25BN2O4. The van der Waals surface area contributed by atoms with Gasteiger partial charge in [-0.15, -0.1) is 0 Å². The molecule has 1 aliphatic rings. The standard InChI is InChI=1S/C15H25BN2O4/c1-10-17-11(9-18(10)12(19)20-13(2,3)4)16-21-14(5,6)15(7,8)22-16/h9H,1-8H3/i1D3,9D. The van der Waals surface area contributed by atoms with Gasteiger partial charge in [0.15, 0.2) is 0 Å². The van der Waals surface area contributed by atoms with E-state index in [4.69, 9.17) is 19.5 Å². The first-order valence-electron chi connectivity index (χ1n) is 9.15. The molecule has 0 bridgehead atoms. The van der Waals surface area contributed by atoms with Crippen LogP contribution in [0.4, 0.5) is 4.79 Å². The SMILES string of the molecule is [2H]c1c(B2OC(C)(C)C(C)(C)O2)nc(C([2H])([2H])[2H])n1C(=O)OC(C)(C)C. The van der Waals surface area contributed by atoms with Crippen LogP contribution in [0.2, 0.25) is 0 Å². The van der Waals surface area contributed by atoms with Crippen LogP contribution in [0.1, 0.15) is 59.8 Å². The molecule has 0 atom stereocenters. The summed E-state index contributed by atoms with van der Waals surface area (Å²) in [6.07, 6.45) is -1.41. The summed E-state index contributed by atoms with van der Waals surface area (Å²) in [5.74, 6) is -0.554. The predicted octanol–water partition coefficient (Wildman–Crippen LogP) is 2.27. The molecule has 7 heteroatoms. The maximum absolute atomic E-state index is 12.5. The van der Waals surface area contributed by atoms with Crippen LogP contribution in [-0.4, -0.2) is 39.6 Å². The van der Waals surface area contributed by atoms with E-state index in [9.17, 15) is 4.79 Å². The van der Waals surface area contributed by atoms with Gasteiger partial charge in [0.1, 0.15) is 11.4 Å². The zero-order chi connectivity index (χ0) is 20.3. The average Bonchev–Trinajstić information content (AvgIpc) is 2.81. The number of nitrogens with zero attached hydrogens (tertiary/aromatic N) is 2. The van der Waals surface area contributed by atoms with Crippen LogP contribution in [0.25, 0.3) is 0 Å². The van der Waals surface area contributed by atoms with Gasteiger partial charge in [0, 0.05) is 10.3 Å². The van der Waals surface area contributed by atoms with Crippen molar-refractivity contribution >= 4 is 18.8 Å². The highest BCUT2D eigenvalue weighted by Crippen LogP contribution is 2.36. The third-order valence-corrected chi connectivity index (χ3v) is 3.72. The average molecular weight is 312 g/mol. The fourth-order valence-electron chi connectivity index (χ4n) is 1.86.